The molecule has 0 amide bonds. The number of nitrogens with zero attached hydrogens (tertiary/aromatic N) is 2. The molecule has 8 nitrogen and oxygen atoms in total. The van der Waals surface area contributed by atoms with Gasteiger partial charge in [-0.15, -0.1) is 0 Å². The van der Waals surface area contributed by atoms with Crippen LogP contribution in [-0.4, -0.2) is 53.7 Å². The van der Waals surface area contributed by atoms with Crippen LogP contribution < -0.4 is 11.1 Å². The molecule has 3 heterocycles. The molecular weight excluding hydrogens is 282 g/mol. The highest BCUT2D eigenvalue weighted by Crippen LogP contribution is 2.33. The predicted molar refractivity (Wildman–Crippen MR) is 75.1 cm³/mol. The highest BCUT2D eigenvalue weighted by atomic mass is 32.2. The maximum absolute atomic E-state index is 10.2. The van der Waals surface area contributed by atoms with Gasteiger partial charge < -0.3 is 30.8 Å². The van der Waals surface area contributed by atoms with E-state index in [4.69, 9.17) is 10.3 Å². The highest BCUT2D eigenvalue weighted by molar-refractivity contribution is 7.93. The molecule has 20 heavy (non-hydrogen) atoms. The first-order valence-electron chi connectivity index (χ1n) is 6.09. The van der Waals surface area contributed by atoms with E-state index in [0.29, 0.717) is 34.5 Å². The monoisotopic (exact) mass is 297 g/mol. The van der Waals surface area contributed by atoms with Gasteiger partial charge in [-0.05, 0) is 12.0 Å². The number of nitrogens with two attached hydrogens (primary N) is 1. The zero-order chi connectivity index (χ0) is 14.3. The van der Waals surface area contributed by atoms with Gasteiger partial charge in [-0.3, -0.25) is 0 Å². The minimum absolute atomic E-state index is 0.286. The number of aromatic nitrogens is 3. The summed E-state index contributed by atoms with van der Waals surface area (Å²) >= 11 is 0.623. The first kappa shape index (κ1) is 13.6. The summed E-state index contributed by atoms with van der Waals surface area (Å²) in [6.07, 6.45) is 1.11. The fourth-order valence-corrected chi connectivity index (χ4v) is 3.03. The van der Waals surface area contributed by atoms with Crippen molar-refractivity contribution in [2.75, 3.05) is 11.5 Å². The smallest absolute Gasteiger partial charge is 0.151 e. The number of aliphatic hydroxyl groups excluding tert-OH is 2. The van der Waals surface area contributed by atoms with Crippen molar-refractivity contribution in [2.24, 2.45) is 0 Å². The van der Waals surface area contributed by atoms with E-state index < -0.39 is 24.3 Å². The number of anilines is 1. The molecule has 1 aliphatic rings. The molecule has 7 N–H and O–H groups in total. The number of nitrogens with one attached hydrogen (secondary N) is 2. The lowest BCUT2D eigenvalue weighted by Gasteiger charge is -2.14. The van der Waals surface area contributed by atoms with Crippen LogP contribution in [0.25, 0.3) is 11.0 Å². The van der Waals surface area contributed by atoms with Gasteiger partial charge in [-0.1, -0.05) is 0 Å². The molecule has 9 heteroatoms. The van der Waals surface area contributed by atoms with Crippen LogP contribution in [0, 0.1) is 0 Å². The van der Waals surface area contributed by atoms with E-state index in [2.05, 4.69) is 20.3 Å². The van der Waals surface area contributed by atoms with Crippen molar-refractivity contribution in [3.63, 3.8) is 0 Å². The number of hydrogen-bond donors (Lipinski definition) is 6. The van der Waals surface area contributed by atoms with Crippen LogP contribution in [0.5, 0.6) is 0 Å². The number of aromatic amines is 1. The van der Waals surface area contributed by atoms with Crippen molar-refractivity contribution in [3.05, 3.63) is 18.1 Å². The molecule has 0 aromatic carbocycles. The third-order valence-corrected chi connectivity index (χ3v) is 4.12. The fourth-order valence-electron chi connectivity index (χ4n) is 2.58. The maximum atomic E-state index is 10.2. The normalized spacial score (nSPS) is 30.1. The van der Waals surface area contributed by atoms with Gasteiger partial charge in [0.2, 0.25) is 0 Å². The number of nitrogen functional groups attached to an aromatic ring is 1. The minimum atomic E-state index is -0.984. The average Bonchev–Trinajstić information content (AvgIpc) is 2.97. The fraction of sp³-hybridized carbons (Fsp3) is 0.455. The number of hydrogen-bond acceptors (Lipinski definition) is 8. The molecule has 108 valence electrons. The number of rotatable bonds is 3. The largest absolute Gasteiger partial charge is 0.389 e. The van der Waals surface area contributed by atoms with E-state index in [0.717, 1.165) is 0 Å². The third-order valence-electron chi connectivity index (χ3n) is 3.61. The molecule has 4 atom stereocenters. The second kappa shape index (κ2) is 5.19. The summed E-state index contributed by atoms with van der Waals surface area (Å²) in [5, 5.41) is 23.2. The topological polar surface area (TPSA) is 140 Å². The Balaban J connectivity index is 1.97. The second-order valence-corrected chi connectivity index (χ2v) is 5.35. The Labute approximate surface area is 118 Å². The predicted octanol–water partition coefficient (Wildman–Crippen LogP) is -0.519. The summed E-state index contributed by atoms with van der Waals surface area (Å²) in [4.78, 5) is 11.0. The first-order valence-corrected chi connectivity index (χ1v) is 7.03. The molecule has 0 radical (unpaired) electrons. The lowest BCUT2D eigenvalue weighted by Crippen LogP contribution is -2.34. The SMILES string of the molecule is Nc1ncnc2c([C@@H]3N[C@H](CSO)C(O)C3O)c[nH]c12. The zero-order valence-corrected chi connectivity index (χ0v) is 11.2. The zero-order valence-electron chi connectivity index (χ0n) is 10.4. The van der Waals surface area contributed by atoms with Crippen LogP contribution in [0.1, 0.15) is 11.6 Å². The summed E-state index contributed by atoms with van der Waals surface area (Å²) in [5.41, 5.74) is 7.68. The lowest BCUT2D eigenvalue weighted by molar-refractivity contribution is 0.0307. The van der Waals surface area contributed by atoms with E-state index in [1.807, 2.05) is 0 Å². The van der Waals surface area contributed by atoms with Crippen molar-refractivity contribution < 1.29 is 14.8 Å². The Morgan fingerprint density at radius 2 is 2.10 bits per heavy atom. The van der Waals surface area contributed by atoms with Crippen LogP contribution in [0.4, 0.5) is 5.82 Å². The van der Waals surface area contributed by atoms with Crippen molar-refractivity contribution in [1.82, 2.24) is 20.3 Å². The maximum Gasteiger partial charge on any atom is 0.151 e. The van der Waals surface area contributed by atoms with Crippen LogP contribution >= 0.6 is 12.0 Å². The summed E-state index contributed by atoms with van der Waals surface area (Å²) < 4.78 is 8.90. The van der Waals surface area contributed by atoms with Gasteiger partial charge in [-0.2, -0.15) is 0 Å². The molecular formula is C11H15N5O3S. The molecule has 1 aliphatic heterocycles. The molecule has 2 aromatic heterocycles. The third kappa shape index (κ3) is 2.03. The highest BCUT2D eigenvalue weighted by Gasteiger charge is 2.42. The van der Waals surface area contributed by atoms with Crippen LogP contribution in [0.2, 0.25) is 0 Å². The molecule has 1 saturated heterocycles. The van der Waals surface area contributed by atoms with Crippen LogP contribution in [-0.2, 0) is 0 Å². The molecule has 0 spiro atoms. The van der Waals surface area contributed by atoms with Gasteiger partial charge in [0, 0.05) is 23.6 Å². The summed E-state index contributed by atoms with van der Waals surface area (Å²) in [6, 6.07) is -0.876. The van der Waals surface area contributed by atoms with Crippen molar-refractivity contribution in [1.29, 1.82) is 0 Å². The molecule has 2 aromatic rings. The number of aliphatic hydroxyl groups is 2. The Hall–Kier alpha value is -1.39. The van der Waals surface area contributed by atoms with E-state index in [9.17, 15) is 10.2 Å². The molecule has 1 fully saturated rings. The van der Waals surface area contributed by atoms with Crippen molar-refractivity contribution in [2.45, 2.75) is 24.3 Å². The van der Waals surface area contributed by atoms with Crippen molar-refractivity contribution >= 4 is 28.9 Å². The quantitative estimate of drug-likeness (QED) is 0.416. The Morgan fingerprint density at radius 3 is 2.85 bits per heavy atom. The molecule has 0 aliphatic carbocycles. The van der Waals surface area contributed by atoms with Crippen molar-refractivity contribution in [3.8, 4) is 0 Å². The molecule has 3 rings (SSSR count). The van der Waals surface area contributed by atoms with Gasteiger partial charge in [0.05, 0.1) is 17.7 Å². The van der Waals surface area contributed by atoms with Gasteiger partial charge in [0.1, 0.15) is 17.9 Å². The van der Waals surface area contributed by atoms with E-state index >= 15 is 0 Å². The van der Waals surface area contributed by atoms with E-state index in [1.165, 1.54) is 6.33 Å². The van der Waals surface area contributed by atoms with Crippen LogP contribution in [0.3, 0.4) is 0 Å². The van der Waals surface area contributed by atoms with Gasteiger partial charge in [0.25, 0.3) is 0 Å². The Kier molecular flexibility index (Phi) is 3.52. The summed E-state index contributed by atoms with van der Waals surface area (Å²) in [7, 11) is 0. The lowest BCUT2D eigenvalue weighted by atomic mass is 10.0. The average molecular weight is 297 g/mol. The van der Waals surface area contributed by atoms with Gasteiger partial charge >= 0.3 is 0 Å². The Bertz CT molecular complexity index is 621. The number of H-pyrrole nitrogens is 1. The standard InChI is InChI=1S/C11H15N5O3S/c12-11-8-6(14-3-15-11)4(1-13-8)7-10(18)9(17)5(16-7)2-20-19/h1,3,5,7,9-10,13,16-19H,2H2,(H2,12,14,15)/t5-,7+,9?,10?/m1/s1. The van der Waals surface area contributed by atoms with E-state index in [1.54, 1.807) is 6.20 Å². The van der Waals surface area contributed by atoms with Gasteiger partial charge in [0.15, 0.2) is 5.82 Å². The molecule has 0 saturated carbocycles. The number of fused-ring (bicyclic) bond motifs is 1. The second-order valence-electron chi connectivity index (χ2n) is 4.75. The minimum Gasteiger partial charge on any atom is -0.389 e. The summed E-state index contributed by atoms with van der Waals surface area (Å²) in [6.45, 7) is 0. The summed E-state index contributed by atoms with van der Waals surface area (Å²) in [5.74, 6) is 0.616. The molecule has 2 unspecified atom stereocenters. The van der Waals surface area contributed by atoms with E-state index in [-0.39, 0.29) is 5.75 Å². The Morgan fingerprint density at radius 1 is 1.30 bits per heavy atom. The molecule has 0 bridgehead atoms. The first-order chi connectivity index (χ1) is 9.63. The van der Waals surface area contributed by atoms with Gasteiger partial charge in [-0.25, -0.2) is 9.97 Å². The van der Waals surface area contributed by atoms with Crippen LogP contribution in [0.15, 0.2) is 12.5 Å².